The Kier molecular flexibility index (Phi) is 6.20. The van der Waals surface area contributed by atoms with Crippen LogP contribution in [0, 0.1) is 0 Å². The molecule has 3 aromatic heterocycles. The summed E-state index contributed by atoms with van der Waals surface area (Å²) in [6, 6.07) is 45.6. The molecule has 0 bridgehead atoms. The van der Waals surface area contributed by atoms with E-state index in [1.165, 1.54) is 49.4 Å². The van der Waals surface area contributed by atoms with E-state index >= 15 is 0 Å². The minimum Gasteiger partial charge on any atom is -0.309 e. The lowest BCUT2D eigenvalue weighted by Crippen LogP contribution is -2.15. The van der Waals surface area contributed by atoms with Gasteiger partial charge in [-0.05, 0) is 77.7 Å². The molecule has 0 atom stereocenters. The lowest BCUT2D eigenvalue weighted by molar-refractivity contribution is 1.17. The van der Waals surface area contributed by atoms with Crippen LogP contribution in [-0.2, 0) is 0 Å². The molecular weight excluding hydrogens is 536 g/mol. The molecule has 0 unspecified atom stereocenters. The van der Waals surface area contributed by atoms with Crippen LogP contribution in [0.25, 0.3) is 60.6 Å². The first-order valence-electron chi connectivity index (χ1n) is 15.2. The highest BCUT2D eigenvalue weighted by Gasteiger charge is 2.28. The van der Waals surface area contributed by atoms with Gasteiger partial charge in [-0.1, -0.05) is 74.5 Å². The van der Waals surface area contributed by atoms with Crippen molar-refractivity contribution < 1.29 is 0 Å². The molecule has 0 saturated heterocycles. The highest BCUT2D eigenvalue weighted by Crippen LogP contribution is 2.52. The second-order valence-corrected chi connectivity index (χ2v) is 10.7. The van der Waals surface area contributed by atoms with Gasteiger partial charge in [0.05, 0.1) is 28.1 Å². The molecule has 1 aliphatic heterocycles. The minimum absolute atomic E-state index is 0.973. The molecule has 4 heterocycles. The highest BCUT2D eigenvalue weighted by atomic mass is 15.2. The van der Waals surface area contributed by atoms with Crippen molar-refractivity contribution >= 4 is 49.6 Å². The summed E-state index contributed by atoms with van der Waals surface area (Å²) >= 11 is 0. The fourth-order valence-electron chi connectivity index (χ4n) is 6.64. The number of nitrogens with zero attached hydrogens (tertiary/aromatic N) is 4. The van der Waals surface area contributed by atoms with Crippen LogP contribution in [0.3, 0.4) is 0 Å². The molecule has 0 fully saturated rings. The number of benzene rings is 5. The number of aromatic nitrogens is 3. The van der Waals surface area contributed by atoms with Gasteiger partial charge in [-0.15, -0.1) is 0 Å². The highest BCUT2D eigenvalue weighted by molar-refractivity contribution is 6.19. The molecule has 44 heavy (non-hydrogen) atoms. The minimum atomic E-state index is 0.973. The van der Waals surface area contributed by atoms with Crippen LogP contribution >= 0.6 is 0 Å². The standard InChI is InChI=1S/C38H24N4.C2H6/c1-2-10-27(11-3-1)41-34-16-15-26(33-13-4-5-19-40-33)22-30(34)32-23-31-29-12-6-8-25-9-7-14-35(38(25)29)42(36(31)24-37(32)41)28-17-20-39-21-18-28;1-2/h1-24H;1-2H3. The third kappa shape index (κ3) is 3.92. The molecule has 0 amide bonds. The summed E-state index contributed by atoms with van der Waals surface area (Å²) in [5, 5.41) is 4.93. The van der Waals surface area contributed by atoms with Gasteiger partial charge in [0.25, 0.3) is 0 Å². The lowest BCUT2D eigenvalue weighted by atomic mass is 9.90. The van der Waals surface area contributed by atoms with Crippen LogP contribution in [-0.4, -0.2) is 14.5 Å². The van der Waals surface area contributed by atoms with Crippen molar-refractivity contribution in [1.29, 1.82) is 0 Å². The second-order valence-electron chi connectivity index (χ2n) is 10.7. The average Bonchev–Trinajstić information content (AvgIpc) is 3.42. The Labute approximate surface area is 256 Å². The van der Waals surface area contributed by atoms with Crippen LogP contribution in [0.1, 0.15) is 13.8 Å². The molecule has 0 radical (unpaired) electrons. The van der Waals surface area contributed by atoms with Gasteiger partial charge in [-0.2, -0.15) is 0 Å². The van der Waals surface area contributed by atoms with Gasteiger partial charge in [0.15, 0.2) is 0 Å². The number of anilines is 3. The number of rotatable bonds is 3. The van der Waals surface area contributed by atoms with E-state index < -0.39 is 0 Å². The van der Waals surface area contributed by atoms with Crippen LogP contribution in [0.4, 0.5) is 17.1 Å². The van der Waals surface area contributed by atoms with Crippen molar-refractivity contribution in [1.82, 2.24) is 14.5 Å². The van der Waals surface area contributed by atoms with Crippen LogP contribution in [0.2, 0.25) is 0 Å². The predicted octanol–water partition coefficient (Wildman–Crippen LogP) is 10.9. The maximum absolute atomic E-state index is 4.65. The molecule has 0 spiro atoms. The Bertz CT molecular complexity index is 2280. The number of fused-ring (bicyclic) bond motifs is 5. The topological polar surface area (TPSA) is 34.0 Å². The Morgan fingerprint density at radius 2 is 1.30 bits per heavy atom. The molecule has 210 valence electrons. The molecule has 0 saturated carbocycles. The second kappa shape index (κ2) is 10.5. The Hall–Kier alpha value is -5.74. The average molecular weight is 567 g/mol. The maximum atomic E-state index is 4.65. The summed E-state index contributed by atoms with van der Waals surface area (Å²) < 4.78 is 2.39. The molecule has 9 rings (SSSR count). The van der Waals surface area contributed by atoms with Crippen molar-refractivity contribution in [2.24, 2.45) is 0 Å². The smallest absolute Gasteiger partial charge is 0.0702 e. The van der Waals surface area contributed by atoms with Crippen LogP contribution < -0.4 is 4.90 Å². The first-order chi connectivity index (χ1) is 21.8. The summed E-state index contributed by atoms with van der Waals surface area (Å²) in [7, 11) is 0. The van der Waals surface area contributed by atoms with Crippen LogP contribution in [0.5, 0.6) is 0 Å². The monoisotopic (exact) mass is 566 g/mol. The Morgan fingerprint density at radius 3 is 2.09 bits per heavy atom. The van der Waals surface area contributed by atoms with Gasteiger partial charge in [-0.3, -0.25) is 9.97 Å². The van der Waals surface area contributed by atoms with Crippen molar-refractivity contribution in [3.05, 3.63) is 146 Å². The zero-order chi connectivity index (χ0) is 29.6. The third-order valence-electron chi connectivity index (χ3n) is 8.43. The summed E-state index contributed by atoms with van der Waals surface area (Å²) in [4.78, 5) is 11.4. The van der Waals surface area contributed by atoms with Gasteiger partial charge in [0.2, 0.25) is 0 Å². The molecule has 0 aliphatic carbocycles. The zero-order valence-electron chi connectivity index (χ0n) is 24.6. The zero-order valence-corrected chi connectivity index (χ0v) is 24.6. The largest absolute Gasteiger partial charge is 0.309 e. The number of hydrogen-bond donors (Lipinski definition) is 0. The van der Waals surface area contributed by atoms with E-state index in [2.05, 4.69) is 135 Å². The number of para-hydroxylation sites is 1. The van der Waals surface area contributed by atoms with E-state index in [1.54, 1.807) is 0 Å². The molecular formula is C40H30N4. The first kappa shape index (κ1) is 25.9. The summed E-state index contributed by atoms with van der Waals surface area (Å²) in [6.45, 7) is 4.00. The van der Waals surface area contributed by atoms with E-state index in [1.807, 2.05) is 44.6 Å². The van der Waals surface area contributed by atoms with Gasteiger partial charge in [0, 0.05) is 57.3 Å². The quantitative estimate of drug-likeness (QED) is 0.213. The fourth-order valence-corrected chi connectivity index (χ4v) is 6.64. The van der Waals surface area contributed by atoms with Crippen molar-refractivity contribution in [3.63, 3.8) is 0 Å². The number of pyridine rings is 2. The van der Waals surface area contributed by atoms with E-state index in [0.717, 1.165) is 28.3 Å². The van der Waals surface area contributed by atoms with Gasteiger partial charge >= 0.3 is 0 Å². The van der Waals surface area contributed by atoms with Crippen molar-refractivity contribution in [3.8, 4) is 28.1 Å². The van der Waals surface area contributed by atoms with E-state index in [9.17, 15) is 0 Å². The molecule has 4 heteroatoms. The third-order valence-corrected chi connectivity index (χ3v) is 8.43. The molecule has 5 aromatic carbocycles. The van der Waals surface area contributed by atoms with E-state index in [4.69, 9.17) is 0 Å². The summed E-state index contributed by atoms with van der Waals surface area (Å²) in [5.41, 5.74) is 11.5. The predicted molar refractivity (Wildman–Crippen MR) is 184 cm³/mol. The van der Waals surface area contributed by atoms with E-state index in [0.29, 0.717) is 0 Å². The molecule has 8 aromatic rings. The van der Waals surface area contributed by atoms with E-state index in [-0.39, 0.29) is 0 Å². The lowest BCUT2D eigenvalue weighted by Gasteiger charge is -2.33. The number of hydrogen-bond acceptors (Lipinski definition) is 3. The first-order valence-corrected chi connectivity index (χ1v) is 15.2. The molecule has 1 aliphatic rings. The molecule has 0 N–H and O–H groups in total. The van der Waals surface area contributed by atoms with Crippen LogP contribution in [0.15, 0.2) is 146 Å². The Morgan fingerprint density at radius 1 is 0.523 bits per heavy atom. The van der Waals surface area contributed by atoms with Crippen molar-refractivity contribution in [2.45, 2.75) is 13.8 Å². The van der Waals surface area contributed by atoms with Gasteiger partial charge in [-0.25, -0.2) is 0 Å². The molecule has 4 nitrogen and oxygen atoms in total. The summed E-state index contributed by atoms with van der Waals surface area (Å²) in [6.07, 6.45) is 5.59. The summed E-state index contributed by atoms with van der Waals surface area (Å²) in [5.74, 6) is 0. The Balaban J connectivity index is 0.00000142. The van der Waals surface area contributed by atoms with Gasteiger partial charge in [0.1, 0.15) is 0 Å². The van der Waals surface area contributed by atoms with Gasteiger partial charge < -0.3 is 9.47 Å². The maximum Gasteiger partial charge on any atom is 0.0702 e. The fraction of sp³-hybridized carbons (Fsp3) is 0.0500. The SMILES string of the molecule is CC.c1ccc(-n2c3ccc(-c4ccccn4)cc3c3cc4c(cc32)N(c2ccncc2)c2cccc3cccc-4c23)cc1. The normalized spacial score (nSPS) is 11.8. The van der Waals surface area contributed by atoms with Crippen molar-refractivity contribution in [2.75, 3.05) is 4.90 Å².